The van der Waals surface area contributed by atoms with Crippen molar-refractivity contribution in [2.24, 2.45) is 5.92 Å². The molecule has 0 saturated heterocycles. The molecule has 0 radical (unpaired) electrons. The summed E-state index contributed by atoms with van der Waals surface area (Å²) in [6.07, 6.45) is 6.35. The van der Waals surface area contributed by atoms with Gasteiger partial charge in [0, 0.05) is 31.4 Å². The molecule has 0 unspecified atom stereocenters. The van der Waals surface area contributed by atoms with E-state index in [4.69, 9.17) is 4.42 Å². The van der Waals surface area contributed by atoms with Crippen LogP contribution in [0.3, 0.4) is 0 Å². The van der Waals surface area contributed by atoms with E-state index < -0.39 is 0 Å². The molecular formula is C19H24N2O2. The van der Waals surface area contributed by atoms with Crippen LogP contribution in [0.4, 0.5) is 0 Å². The first-order valence-electron chi connectivity index (χ1n) is 8.53. The molecule has 1 aliphatic carbocycles. The number of amides is 1. The lowest BCUT2D eigenvalue weighted by Crippen LogP contribution is -2.33. The van der Waals surface area contributed by atoms with E-state index in [9.17, 15) is 4.79 Å². The van der Waals surface area contributed by atoms with Crippen LogP contribution < -0.4 is 5.32 Å². The second-order valence-electron chi connectivity index (χ2n) is 6.25. The molecule has 4 heteroatoms. The summed E-state index contributed by atoms with van der Waals surface area (Å²) in [7, 11) is 0. The summed E-state index contributed by atoms with van der Waals surface area (Å²) >= 11 is 0. The normalized spacial score (nSPS) is 15.5. The van der Waals surface area contributed by atoms with Crippen molar-refractivity contribution in [3.8, 4) is 11.3 Å². The van der Waals surface area contributed by atoms with Crippen molar-refractivity contribution in [3.63, 3.8) is 0 Å². The third kappa shape index (κ3) is 4.01. The molecular weight excluding hydrogens is 288 g/mol. The zero-order valence-electron chi connectivity index (χ0n) is 13.7. The van der Waals surface area contributed by atoms with Crippen LogP contribution in [0.2, 0.25) is 0 Å². The number of carbonyl (C=O) groups excluding carboxylic acids is 1. The zero-order chi connectivity index (χ0) is 16.1. The fourth-order valence-corrected chi connectivity index (χ4v) is 3.27. The number of nitrogens with zero attached hydrogens (tertiary/aromatic N) is 1. The van der Waals surface area contributed by atoms with Crippen LogP contribution in [-0.4, -0.2) is 17.4 Å². The van der Waals surface area contributed by atoms with Gasteiger partial charge in [-0.25, -0.2) is 4.98 Å². The molecule has 0 aliphatic heterocycles. The molecule has 4 nitrogen and oxygen atoms in total. The lowest BCUT2D eigenvalue weighted by molar-refractivity contribution is -0.125. The zero-order valence-corrected chi connectivity index (χ0v) is 13.7. The van der Waals surface area contributed by atoms with Crippen LogP contribution in [-0.2, 0) is 11.2 Å². The Bertz CT molecular complexity index is 643. The smallest absolute Gasteiger partial charge is 0.223 e. The standard InChI is InChI=1S/C19H24N2O2/c1-14-21-18(15-8-4-2-5-9-15)17(23-14)12-13-20-19(22)16-10-6-3-7-11-16/h2,4-5,8-9,16H,3,6-7,10-13H2,1H3,(H,20,22). The lowest BCUT2D eigenvalue weighted by atomic mass is 9.89. The van der Waals surface area contributed by atoms with E-state index in [2.05, 4.69) is 10.3 Å². The molecule has 0 bridgehead atoms. The van der Waals surface area contributed by atoms with Crippen LogP contribution >= 0.6 is 0 Å². The van der Waals surface area contributed by atoms with E-state index in [1.807, 2.05) is 37.3 Å². The Morgan fingerprint density at radius 1 is 1.22 bits per heavy atom. The van der Waals surface area contributed by atoms with Gasteiger partial charge in [0.25, 0.3) is 0 Å². The molecule has 2 aromatic rings. The molecule has 122 valence electrons. The van der Waals surface area contributed by atoms with E-state index in [0.29, 0.717) is 18.9 Å². The van der Waals surface area contributed by atoms with Gasteiger partial charge in [0.1, 0.15) is 11.5 Å². The van der Waals surface area contributed by atoms with Gasteiger partial charge in [-0.3, -0.25) is 4.79 Å². The number of aryl methyl sites for hydroxylation is 1. The van der Waals surface area contributed by atoms with Gasteiger partial charge in [0.15, 0.2) is 5.89 Å². The number of benzene rings is 1. The average Bonchev–Trinajstić information content (AvgIpc) is 2.97. The van der Waals surface area contributed by atoms with Crippen LogP contribution in [0.5, 0.6) is 0 Å². The number of rotatable bonds is 5. The van der Waals surface area contributed by atoms with Gasteiger partial charge in [-0.05, 0) is 12.8 Å². The first-order chi connectivity index (χ1) is 11.2. The van der Waals surface area contributed by atoms with E-state index in [0.717, 1.165) is 29.9 Å². The molecule has 1 N–H and O–H groups in total. The van der Waals surface area contributed by atoms with Gasteiger partial charge < -0.3 is 9.73 Å². The lowest BCUT2D eigenvalue weighted by Gasteiger charge is -2.20. The highest BCUT2D eigenvalue weighted by molar-refractivity contribution is 5.78. The van der Waals surface area contributed by atoms with Crippen LogP contribution in [0.1, 0.15) is 43.8 Å². The molecule has 1 amide bonds. The Morgan fingerprint density at radius 2 is 1.96 bits per heavy atom. The van der Waals surface area contributed by atoms with E-state index >= 15 is 0 Å². The van der Waals surface area contributed by atoms with E-state index in [1.165, 1.54) is 19.3 Å². The van der Waals surface area contributed by atoms with Crippen molar-refractivity contribution >= 4 is 5.91 Å². The molecule has 1 aromatic heterocycles. The number of nitrogens with one attached hydrogen (secondary N) is 1. The number of carbonyl (C=O) groups is 1. The highest BCUT2D eigenvalue weighted by atomic mass is 16.4. The van der Waals surface area contributed by atoms with Crippen molar-refractivity contribution in [2.75, 3.05) is 6.54 Å². The Labute approximate surface area is 137 Å². The third-order valence-corrected chi connectivity index (χ3v) is 4.48. The predicted molar refractivity (Wildman–Crippen MR) is 90.0 cm³/mol. The molecule has 1 aliphatic rings. The molecule has 0 atom stereocenters. The molecule has 1 saturated carbocycles. The monoisotopic (exact) mass is 312 g/mol. The summed E-state index contributed by atoms with van der Waals surface area (Å²) in [6, 6.07) is 10.0. The molecule has 1 heterocycles. The summed E-state index contributed by atoms with van der Waals surface area (Å²) in [5.41, 5.74) is 1.94. The second kappa shape index (κ2) is 7.44. The molecule has 23 heavy (non-hydrogen) atoms. The fourth-order valence-electron chi connectivity index (χ4n) is 3.27. The topological polar surface area (TPSA) is 55.1 Å². The molecule has 3 rings (SSSR count). The molecule has 1 fully saturated rings. The maximum atomic E-state index is 12.2. The third-order valence-electron chi connectivity index (χ3n) is 4.48. The maximum Gasteiger partial charge on any atom is 0.223 e. The Hall–Kier alpha value is -2.10. The highest BCUT2D eigenvalue weighted by Gasteiger charge is 2.21. The number of oxazole rings is 1. The minimum Gasteiger partial charge on any atom is -0.445 e. The van der Waals surface area contributed by atoms with Gasteiger partial charge in [-0.1, -0.05) is 49.6 Å². The summed E-state index contributed by atoms with van der Waals surface area (Å²) in [4.78, 5) is 16.7. The van der Waals surface area contributed by atoms with Gasteiger partial charge in [0.2, 0.25) is 5.91 Å². The van der Waals surface area contributed by atoms with Crippen LogP contribution in [0.25, 0.3) is 11.3 Å². The second-order valence-corrected chi connectivity index (χ2v) is 6.25. The Morgan fingerprint density at radius 3 is 2.70 bits per heavy atom. The van der Waals surface area contributed by atoms with Crippen molar-refractivity contribution in [2.45, 2.75) is 45.4 Å². The predicted octanol–water partition coefficient (Wildman–Crippen LogP) is 3.89. The van der Waals surface area contributed by atoms with Crippen molar-refractivity contribution in [1.29, 1.82) is 0 Å². The largest absolute Gasteiger partial charge is 0.445 e. The van der Waals surface area contributed by atoms with E-state index in [1.54, 1.807) is 0 Å². The van der Waals surface area contributed by atoms with Gasteiger partial charge in [-0.2, -0.15) is 0 Å². The molecule has 1 aromatic carbocycles. The Kier molecular flexibility index (Phi) is 5.11. The molecule has 0 spiro atoms. The van der Waals surface area contributed by atoms with Gasteiger partial charge in [-0.15, -0.1) is 0 Å². The summed E-state index contributed by atoms with van der Waals surface area (Å²) in [5.74, 6) is 1.91. The van der Waals surface area contributed by atoms with Crippen LogP contribution in [0, 0.1) is 12.8 Å². The van der Waals surface area contributed by atoms with Crippen molar-refractivity contribution in [1.82, 2.24) is 10.3 Å². The van der Waals surface area contributed by atoms with Gasteiger partial charge in [0.05, 0.1) is 0 Å². The maximum absolute atomic E-state index is 12.2. The summed E-state index contributed by atoms with van der Waals surface area (Å²) in [6.45, 7) is 2.46. The number of hydrogen-bond donors (Lipinski definition) is 1. The highest BCUT2D eigenvalue weighted by Crippen LogP contribution is 2.25. The summed E-state index contributed by atoms with van der Waals surface area (Å²) in [5, 5.41) is 3.06. The van der Waals surface area contributed by atoms with Crippen molar-refractivity contribution in [3.05, 3.63) is 42.0 Å². The Balaban J connectivity index is 1.59. The van der Waals surface area contributed by atoms with Crippen molar-refractivity contribution < 1.29 is 9.21 Å². The SMILES string of the molecule is Cc1nc(-c2ccccc2)c(CCNC(=O)C2CCCCC2)o1. The minimum atomic E-state index is 0.196. The number of hydrogen-bond acceptors (Lipinski definition) is 3. The first-order valence-corrected chi connectivity index (χ1v) is 8.53. The quantitative estimate of drug-likeness (QED) is 0.911. The average molecular weight is 312 g/mol. The first kappa shape index (κ1) is 15.8. The minimum absolute atomic E-state index is 0.196. The number of aromatic nitrogens is 1. The summed E-state index contributed by atoms with van der Waals surface area (Å²) < 4.78 is 5.73. The van der Waals surface area contributed by atoms with E-state index in [-0.39, 0.29) is 11.8 Å². The fraction of sp³-hybridized carbons (Fsp3) is 0.474. The van der Waals surface area contributed by atoms with Gasteiger partial charge >= 0.3 is 0 Å². The van der Waals surface area contributed by atoms with Crippen LogP contribution in [0.15, 0.2) is 34.7 Å².